The van der Waals surface area contributed by atoms with Gasteiger partial charge in [-0.05, 0) is 25.1 Å². The number of carboxylic acid groups (broad SMARTS) is 1. The second kappa shape index (κ2) is 6.12. The van der Waals surface area contributed by atoms with Gasteiger partial charge in [0.15, 0.2) is 0 Å². The number of anilines is 1. The first-order valence-electron chi connectivity index (χ1n) is 7.47. The maximum Gasteiger partial charge on any atom is 0.335 e. The molecule has 0 radical (unpaired) electrons. The Hall–Kier alpha value is -3.61. The van der Waals surface area contributed by atoms with E-state index in [9.17, 15) is 9.59 Å². The molecule has 1 aromatic heterocycles. The van der Waals surface area contributed by atoms with Gasteiger partial charge in [0.2, 0.25) is 0 Å². The lowest BCUT2D eigenvalue weighted by atomic mass is 10.1. The zero-order chi connectivity index (χ0) is 18.1. The Morgan fingerprint density at radius 3 is 2.40 bits per heavy atom. The molecular weight excluding hydrogens is 320 g/mol. The highest BCUT2D eigenvalue weighted by Crippen LogP contribution is 2.29. The van der Waals surface area contributed by atoms with Crippen molar-refractivity contribution in [1.82, 2.24) is 9.78 Å². The number of hydrogen-bond donors (Lipinski definition) is 3. The molecule has 0 saturated carbocycles. The molecule has 7 heteroatoms. The van der Waals surface area contributed by atoms with Crippen molar-refractivity contribution in [3.05, 3.63) is 65.2 Å². The number of benzene rings is 2. The molecule has 0 saturated heterocycles. The summed E-state index contributed by atoms with van der Waals surface area (Å²) in [5.41, 5.74) is 14.3. The van der Waals surface area contributed by atoms with E-state index < -0.39 is 11.9 Å². The largest absolute Gasteiger partial charge is 0.478 e. The molecule has 25 heavy (non-hydrogen) atoms. The van der Waals surface area contributed by atoms with Gasteiger partial charge in [-0.15, -0.1) is 0 Å². The van der Waals surface area contributed by atoms with Crippen molar-refractivity contribution in [2.75, 3.05) is 5.73 Å². The number of nitrogens with zero attached hydrogens (tertiary/aromatic N) is 2. The summed E-state index contributed by atoms with van der Waals surface area (Å²) < 4.78 is 1.32. The van der Waals surface area contributed by atoms with Crippen molar-refractivity contribution in [3.63, 3.8) is 0 Å². The van der Waals surface area contributed by atoms with Crippen LogP contribution in [0.2, 0.25) is 0 Å². The van der Waals surface area contributed by atoms with Crippen molar-refractivity contribution >= 4 is 17.7 Å². The van der Waals surface area contributed by atoms with Crippen LogP contribution in [0, 0.1) is 6.92 Å². The highest BCUT2D eigenvalue weighted by atomic mass is 16.4. The Morgan fingerprint density at radius 1 is 1.12 bits per heavy atom. The number of nitrogens with two attached hydrogens (primary N) is 2. The van der Waals surface area contributed by atoms with Crippen LogP contribution in [0.4, 0.5) is 5.82 Å². The molecular formula is C18H16N4O3. The molecule has 0 bridgehead atoms. The fraction of sp³-hybridized carbons (Fsp3) is 0.0556. The van der Waals surface area contributed by atoms with Crippen LogP contribution < -0.4 is 11.5 Å². The van der Waals surface area contributed by atoms with Gasteiger partial charge < -0.3 is 16.6 Å². The summed E-state index contributed by atoms with van der Waals surface area (Å²) in [6, 6.07) is 13.5. The van der Waals surface area contributed by atoms with E-state index in [4.69, 9.17) is 16.6 Å². The SMILES string of the molecule is Cc1ccc(-c2nn(-c3cccc(C(=O)O)c3)c(N)c2C(N)=O)cc1. The van der Waals surface area contributed by atoms with Crippen LogP contribution in [0.25, 0.3) is 16.9 Å². The number of hydrogen-bond acceptors (Lipinski definition) is 4. The van der Waals surface area contributed by atoms with Crippen LogP contribution >= 0.6 is 0 Å². The smallest absolute Gasteiger partial charge is 0.335 e. The average molecular weight is 336 g/mol. The molecule has 0 unspecified atom stereocenters. The molecule has 7 nitrogen and oxygen atoms in total. The normalized spacial score (nSPS) is 10.6. The van der Waals surface area contributed by atoms with Crippen molar-refractivity contribution in [2.45, 2.75) is 6.92 Å². The number of carboxylic acids is 1. The Labute approximate surface area is 143 Å². The van der Waals surface area contributed by atoms with Gasteiger partial charge in [0.05, 0.1) is 11.3 Å². The standard InChI is InChI=1S/C18H16N4O3/c1-10-5-7-11(8-6-10)15-14(17(20)23)16(19)22(21-15)13-4-2-3-12(9-13)18(24)25/h2-9H,19H2,1H3,(H2,20,23)(H,24,25). The van der Waals surface area contributed by atoms with Crippen molar-refractivity contribution in [3.8, 4) is 16.9 Å². The average Bonchev–Trinajstić information content (AvgIpc) is 2.93. The van der Waals surface area contributed by atoms with Gasteiger partial charge in [-0.1, -0.05) is 35.9 Å². The number of aromatic carboxylic acids is 1. The van der Waals surface area contributed by atoms with Crippen LogP contribution in [0.5, 0.6) is 0 Å². The fourth-order valence-corrected chi connectivity index (χ4v) is 2.56. The maximum absolute atomic E-state index is 11.9. The molecule has 0 aliphatic carbocycles. The minimum Gasteiger partial charge on any atom is -0.478 e. The Balaban J connectivity index is 2.21. The van der Waals surface area contributed by atoms with E-state index in [1.807, 2.05) is 31.2 Å². The molecule has 5 N–H and O–H groups in total. The summed E-state index contributed by atoms with van der Waals surface area (Å²) in [7, 11) is 0. The lowest BCUT2D eigenvalue weighted by molar-refractivity contribution is 0.0696. The minimum atomic E-state index is -1.07. The van der Waals surface area contributed by atoms with E-state index in [2.05, 4.69) is 5.10 Å². The Bertz CT molecular complexity index is 974. The predicted octanol–water partition coefficient (Wildman–Crippen LogP) is 2.23. The summed E-state index contributed by atoms with van der Waals surface area (Å²) in [5.74, 6) is -1.71. The van der Waals surface area contributed by atoms with Crippen LogP contribution in [0.1, 0.15) is 26.3 Å². The Morgan fingerprint density at radius 2 is 1.80 bits per heavy atom. The highest BCUT2D eigenvalue weighted by molar-refractivity contribution is 6.03. The van der Waals surface area contributed by atoms with Gasteiger partial charge in [-0.2, -0.15) is 5.10 Å². The molecule has 126 valence electrons. The third-order valence-corrected chi connectivity index (χ3v) is 3.83. The first kappa shape index (κ1) is 16.3. The van der Waals surface area contributed by atoms with Gasteiger partial charge in [0.1, 0.15) is 17.1 Å². The second-order valence-electron chi connectivity index (χ2n) is 5.61. The molecule has 1 amide bonds. The number of nitrogen functional groups attached to an aromatic ring is 1. The van der Waals surface area contributed by atoms with Gasteiger partial charge >= 0.3 is 5.97 Å². The van der Waals surface area contributed by atoms with Gasteiger partial charge in [0, 0.05) is 5.56 Å². The third-order valence-electron chi connectivity index (χ3n) is 3.83. The molecule has 0 spiro atoms. The second-order valence-corrected chi connectivity index (χ2v) is 5.61. The van der Waals surface area contributed by atoms with E-state index in [1.54, 1.807) is 12.1 Å². The van der Waals surface area contributed by atoms with E-state index >= 15 is 0 Å². The molecule has 0 fully saturated rings. The third kappa shape index (κ3) is 2.94. The van der Waals surface area contributed by atoms with Gasteiger partial charge in [-0.3, -0.25) is 4.79 Å². The number of carbonyl (C=O) groups excluding carboxylic acids is 1. The molecule has 3 aromatic rings. The first-order valence-corrected chi connectivity index (χ1v) is 7.47. The minimum absolute atomic E-state index is 0.0608. The Kier molecular flexibility index (Phi) is 3.98. The maximum atomic E-state index is 11.9. The number of primary amides is 1. The highest BCUT2D eigenvalue weighted by Gasteiger charge is 2.22. The summed E-state index contributed by atoms with van der Waals surface area (Å²) in [6.45, 7) is 1.95. The molecule has 1 heterocycles. The summed E-state index contributed by atoms with van der Waals surface area (Å²) in [5, 5.41) is 13.5. The van der Waals surface area contributed by atoms with E-state index in [0.29, 0.717) is 16.9 Å². The molecule has 0 aliphatic heterocycles. The number of amides is 1. The zero-order valence-electron chi connectivity index (χ0n) is 13.4. The monoisotopic (exact) mass is 336 g/mol. The molecule has 3 rings (SSSR count). The van der Waals surface area contributed by atoms with Gasteiger partial charge in [-0.25, -0.2) is 9.48 Å². The molecule has 0 aliphatic rings. The summed E-state index contributed by atoms with van der Waals surface area (Å²) in [4.78, 5) is 23.1. The topological polar surface area (TPSA) is 124 Å². The quantitative estimate of drug-likeness (QED) is 0.674. The van der Waals surface area contributed by atoms with Crippen molar-refractivity contribution < 1.29 is 14.7 Å². The van der Waals surface area contributed by atoms with Crippen LogP contribution in [0.15, 0.2) is 48.5 Å². The van der Waals surface area contributed by atoms with Crippen LogP contribution in [-0.4, -0.2) is 26.8 Å². The van der Waals surface area contributed by atoms with Crippen LogP contribution in [0.3, 0.4) is 0 Å². The van der Waals surface area contributed by atoms with E-state index in [0.717, 1.165) is 5.56 Å². The van der Waals surface area contributed by atoms with Crippen LogP contribution in [-0.2, 0) is 0 Å². The zero-order valence-corrected chi connectivity index (χ0v) is 13.4. The lowest BCUT2D eigenvalue weighted by Crippen LogP contribution is -2.14. The number of rotatable bonds is 4. The van der Waals surface area contributed by atoms with Crippen molar-refractivity contribution in [1.29, 1.82) is 0 Å². The van der Waals surface area contributed by atoms with E-state index in [-0.39, 0.29) is 16.9 Å². The number of carbonyl (C=O) groups is 2. The number of aromatic nitrogens is 2. The molecule has 2 aromatic carbocycles. The molecule has 0 atom stereocenters. The van der Waals surface area contributed by atoms with E-state index in [1.165, 1.54) is 16.8 Å². The number of aryl methyl sites for hydroxylation is 1. The lowest BCUT2D eigenvalue weighted by Gasteiger charge is -2.05. The van der Waals surface area contributed by atoms with Crippen molar-refractivity contribution in [2.24, 2.45) is 5.73 Å². The first-order chi connectivity index (χ1) is 11.9. The predicted molar refractivity (Wildman–Crippen MR) is 93.6 cm³/mol. The summed E-state index contributed by atoms with van der Waals surface area (Å²) >= 11 is 0. The summed E-state index contributed by atoms with van der Waals surface area (Å²) in [6.07, 6.45) is 0. The van der Waals surface area contributed by atoms with Gasteiger partial charge in [0.25, 0.3) is 5.91 Å². The fourth-order valence-electron chi connectivity index (χ4n) is 2.56.